The number of aryl methyl sites for hydroxylation is 1. The van der Waals surface area contributed by atoms with Gasteiger partial charge in [0.1, 0.15) is 5.75 Å². The maximum Gasteiger partial charge on any atom is 0.278 e. The first-order valence-corrected chi connectivity index (χ1v) is 8.96. The minimum atomic E-state index is -0.368. The van der Waals surface area contributed by atoms with Crippen molar-refractivity contribution in [3.05, 3.63) is 64.4 Å². The lowest BCUT2D eigenvalue weighted by Crippen LogP contribution is -2.16. The van der Waals surface area contributed by atoms with Gasteiger partial charge in [0.15, 0.2) is 5.69 Å². The number of nitrogens with zero attached hydrogens (tertiary/aromatic N) is 3. The molecule has 0 fully saturated rings. The Balaban J connectivity index is 1.97. The number of ether oxygens (including phenoxy) is 1. The van der Waals surface area contributed by atoms with E-state index in [1.54, 1.807) is 30.0 Å². The van der Waals surface area contributed by atoms with Crippen molar-refractivity contribution in [1.82, 2.24) is 15.0 Å². The van der Waals surface area contributed by atoms with Gasteiger partial charge in [0.2, 0.25) is 0 Å². The summed E-state index contributed by atoms with van der Waals surface area (Å²) in [5.74, 6) is 0.275. The molecule has 0 radical (unpaired) electrons. The van der Waals surface area contributed by atoms with Crippen molar-refractivity contribution >= 4 is 23.2 Å². The third-order valence-corrected chi connectivity index (χ3v) is 4.50. The average Bonchev–Trinajstić information content (AvgIpc) is 3.09. The third kappa shape index (κ3) is 3.95. The number of hydrogen-bond acceptors (Lipinski definition) is 4. The van der Waals surface area contributed by atoms with Crippen LogP contribution in [-0.2, 0) is 0 Å². The molecule has 0 aliphatic carbocycles. The van der Waals surface area contributed by atoms with Crippen molar-refractivity contribution in [2.75, 3.05) is 12.4 Å². The Hall–Kier alpha value is -2.86. The molecular weight excluding hydrogens is 364 g/mol. The quantitative estimate of drug-likeness (QED) is 0.697. The Morgan fingerprint density at radius 1 is 1.19 bits per heavy atom. The Labute approximate surface area is 163 Å². The molecule has 140 valence electrons. The molecule has 2 aromatic carbocycles. The van der Waals surface area contributed by atoms with E-state index in [1.807, 2.05) is 45.0 Å². The van der Waals surface area contributed by atoms with E-state index in [4.69, 9.17) is 16.3 Å². The summed E-state index contributed by atoms with van der Waals surface area (Å²) in [6, 6.07) is 13.0. The van der Waals surface area contributed by atoms with E-state index < -0.39 is 0 Å². The molecule has 0 spiro atoms. The van der Waals surface area contributed by atoms with Gasteiger partial charge in [-0.2, -0.15) is 0 Å². The summed E-state index contributed by atoms with van der Waals surface area (Å²) in [7, 11) is 1.55. The van der Waals surface area contributed by atoms with Crippen LogP contribution in [0.2, 0.25) is 5.02 Å². The molecule has 27 heavy (non-hydrogen) atoms. The van der Waals surface area contributed by atoms with E-state index in [9.17, 15) is 4.79 Å². The molecule has 0 unspecified atom stereocenters. The first kappa shape index (κ1) is 18.9. The van der Waals surface area contributed by atoms with Crippen LogP contribution < -0.4 is 10.1 Å². The summed E-state index contributed by atoms with van der Waals surface area (Å²) in [6.07, 6.45) is 0. The van der Waals surface area contributed by atoms with Gasteiger partial charge in [-0.3, -0.25) is 4.79 Å². The van der Waals surface area contributed by atoms with Crippen molar-refractivity contribution < 1.29 is 9.53 Å². The zero-order chi connectivity index (χ0) is 19.6. The van der Waals surface area contributed by atoms with Crippen molar-refractivity contribution in [1.29, 1.82) is 0 Å². The highest BCUT2D eigenvalue weighted by atomic mass is 35.5. The number of methoxy groups -OCH3 is 1. The summed E-state index contributed by atoms with van der Waals surface area (Å²) in [4.78, 5) is 12.9. The van der Waals surface area contributed by atoms with E-state index in [0.29, 0.717) is 16.5 Å². The number of carbonyl (C=O) groups excluding carboxylic acids is 1. The summed E-state index contributed by atoms with van der Waals surface area (Å²) >= 11 is 6.19. The fourth-order valence-corrected chi connectivity index (χ4v) is 2.92. The minimum Gasteiger partial charge on any atom is -0.497 e. The van der Waals surface area contributed by atoms with Gasteiger partial charge in [-0.1, -0.05) is 48.4 Å². The molecular formula is C20H21ClN4O2. The zero-order valence-corrected chi connectivity index (χ0v) is 16.4. The number of amides is 1. The lowest BCUT2D eigenvalue weighted by Gasteiger charge is -2.12. The zero-order valence-electron chi connectivity index (χ0n) is 15.7. The lowest BCUT2D eigenvalue weighted by atomic mass is 10.1. The second-order valence-corrected chi connectivity index (χ2v) is 6.93. The minimum absolute atomic E-state index is 0.0443. The number of benzene rings is 2. The molecule has 7 heteroatoms. The Bertz CT molecular complexity index is 965. The van der Waals surface area contributed by atoms with Crippen molar-refractivity contribution in [2.45, 2.75) is 26.7 Å². The van der Waals surface area contributed by atoms with Gasteiger partial charge in [0, 0.05) is 6.07 Å². The fraction of sp³-hybridized carbons (Fsp3) is 0.250. The second kappa shape index (κ2) is 7.80. The largest absolute Gasteiger partial charge is 0.497 e. The maximum absolute atomic E-state index is 12.9. The van der Waals surface area contributed by atoms with Crippen LogP contribution in [0.3, 0.4) is 0 Å². The van der Waals surface area contributed by atoms with E-state index in [2.05, 4.69) is 15.6 Å². The van der Waals surface area contributed by atoms with Crippen molar-refractivity contribution in [3.8, 4) is 11.4 Å². The van der Waals surface area contributed by atoms with Crippen LogP contribution in [0.25, 0.3) is 5.69 Å². The van der Waals surface area contributed by atoms with Gasteiger partial charge in [-0.15, -0.1) is 5.10 Å². The summed E-state index contributed by atoms with van der Waals surface area (Å²) in [6.45, 7) is 6.02. The van der Waals surface area contributed by atoms with Crippen LogP contribution in [0.5, 0.6) is 5.75 Å². The molecule has 0 aliphatic rings. The van der Waals surface area contributed by atoms with Crippen LogP contribution >= 0.6 is 11.6 Å². The Morgan fingerprint density at radius 2 is 1.89 bits per heavy atom. The summed E-state index contributed by atoms with van der Waals surface area (Å²) in [5.41, 5.74) is 3.46. The number of nitrogens with one attached hydrogen (secondary N) is 1. The number of hydrogen-bond donors (Lipinski definition) is 1. The molecule has 3 aromatic rings. The molecule has 0 atom stereocenters. The fourth-order valence-electron chi connectivity index (χ4n) is 2.75. The van der Waals surface area contributed by atoms with Gasteiger partial charge in [0.25, 0.3) is 5.91 Å². The molecule has 0 aliphatic heterocycles. The number of rotatable bonds is 5. The molecule has 1 amide bonds. The van der Waals surface area contributed by atoms with Crippen LogP contribution in [0, 0.1) is 6.92 Å². The van der Waals surface area contributed by atoms with Crippen LogP contribution in [0.4, 0.5) is 5.69 Å². The lowest BCUT2D eigenvalue weighted by molar-refractivity contribution is 0.102. The van der Waals surface area contributed by atoms with Crippen LogP contribution in [0.15, 0.2) is 42.5 Å². The monoisotopic (exact) mass is 384 g/mol. The molecule has 3 rings (SSSR count). The smallest absolute Gasteiger partial charge is 0.278 e. The highest BCUT2D eigenvalue weighted by Crippen LogP contribution is 2.28. The SMILES string of the molecule is COc1ccc(Cl)c(NC(=O)c2nnn(-c3ccc(C)cc3)c2C(C)C)c1. The second-order valence-electron chi connectivity index (χ2n) is 6.53. The summed E-state index contributed by atoms with van der Waals surface area (Å²) < 4.78 is 6.89. The van der Waals surface area contributed by atoms with Gasteiger partial charge in [-0.25, -0.2) is 4.68 Å². The van der Waals surface area contributed by atoms with E-state index in [-0.39, 0.29) is 17.5 Å². The van der Waals surface area contributed by atoms with Crippen LogP contribution in [0.1, 0.15) is 41.5 Å². The highest BCUT2D eigenvalue weighted by Gasteiger charge is 2.23. The van der Waals surface area contributed by atoms with Crippen molar-refractivity contribution in [3.63, 3.8) is 0 Å². The number of aromatic nitrogens is 3. The normalized spacial score (nSPS) is 10.9. The van der Waals surface area contributed by atoms with E-state index >= 15 is 0 Å². The molecule has 0 saturated carbocycles. The van der Waals surface area contributed by atoms with Gasteiger partial charge < -0.3 is 10.1 Å². The molecule has 1 aromatic heterocycles. The van der Waals surface area contributed by atoms with E-state index in [1.165, 1.54) is 0 Å². The molecule has 6 nitrogen and oxygen atoms in total. The molecule has 1 N–H and O–H groups in total. The van der Waals surface area contributed by atoms with E-state index in [0.717, 1.165) is 16.9 Å². The van der Waals surface area contributed by atoms with Gasteiger partial charge in [0.05, 0.1) is 29.2 Å². The first-order valence-electron chi connectivity index (χ1n) is 8.58. The number of halogens is 1. The predicted molar refractivity (Wildman–Crippen MR) is 106 cm³/mol. The molecule has 0 saturated heterocycles. The topological polar surface area (TPSA) is 69.0 Å². The van der Waals surface area contributed by atoms with Gasteiger partial charge >= 0.3 is 0 Å². The maximum atomic E-state index is 12.9. The predicted octanol–water partition coefficient (Wildman–Crippen LogP) is 4.61. The Kier molecular flexibility index (Phi) is 5.46. The van der Waals surface area contributed by atoms with Crippen LogP contribution in [-0.4, -0.2) is 28.0 Å². The van der Waals surface area contributed by atoms with Gasteiger partial charge in [-0.05, 0) is 37.1 Å². The first-order chi connectivity index (χ1) is 12.9. The number of anilines is 1. The van der Waals surface area contributed by atoms with Crippen molar-refractivity contribution in [2.24, 2.45) is 0 Å². The Morgan fingerprint density at radius 3 is 2.52 bits per heavy atom. The third-order valence-electron chi connectivity index (χ3n) is 4.17. The molecule has 0 bridgehead atoms. The summed E-state index contributed by atoms with van der Waals surface area (Å²) in [5, 5.41) is 11.6. The standard InChI is InChI=1S/C20H21ClN4O2/c1-12(2)19-18(23-24-25(19)14-7-5-13(3)6-8-14)20(26)22-17-11-15(27-4)9-10-16(17)21/h5-12H,1-4H3,(H,22,26). The number of carbonyl (C=O) groups is 1. The molecule has 1 heterocycles. The average molecular weight is 385 g/mol. The highest BCUT2D eigenvalue weighted by molar-refractivity contribution is 6.34.